The molecule has 0 atom stereocenters. The van der Waals surface area contributed by atoms with Crippen molar-refractivity contribution in [3.8, 4) is 17.1 Å². The Bertz CT molecular complexity index is 1110. The number of amides is 2. The molecule has 0 fully saturated rings. The van der Waals surface area contributed by atoms with E-state index in [1.807, 2.05) is 80.8 Å². The molecule has 0 aliphatic heterocycles. The lowest BCUT2D eigenvalue weighted by molar-refractivity contribution is -0.134. The molecule has 0 bridgehead atoms. The third-order valence-corrected chi connectivity index (χ3v) is 6.10. The molecule has 1 heterocycles. The molecule has 9 heteroatoms. The first kappa shape index (κ1) is 24.8. The van der Waals surface area contributed by atoms with Crippen LogP contribution >= 0.6 is 23.4 Å². The number of nitrogens with one attached hydrogen (secondary N) is 1. The van der Waals surface area contributed by atoms with Crippen molar-refractivity contribution in [3.05, 3.63) is 59.1 Å². The largest absolute Gasteiger partial charge is 0.352 e. The fourth-order valence-electron chi connectivity index (χ4n) is 3.32. The van der Waals surface area contributed by atoms with E-state index in [2.05, 4.69) is 15.5 Å². The molecule has 0 aliphatic carbocycles. The summed E-state index contributed by atoms with van der Waals surface area (Å²) in [5.41, 5.74) is 2.86. The highest BCUT2D eigenvalue weighted by Gasteiger charge is 2.21. The van der Waals surface area contributed by atoms with Gasteiger partial charge in [0.2, 0.25) is 11.8 Å². The van der Waals surface area contributed by atoms with Crippen molar-refractivity contribution < 1.29 is 9.59 Å². The molecule has 0 spiro atoms. The molecule has 2 aromatic carbocycles. The number of nitrogens with zero attached hydrogens (tertiary/aromatic N) is 4. The smallest absolute Gasteiger partial charge is 0.239 e. The Morgan fingerprint density at radius 2 is 1.82 bits per heavy atom. The van der Waals surface area contributed by atoms with E-state index in [0.717, 1.165) is 16.8 Å². The van der Waals surface area contributed by atoms with Crippen LogP contribution in [-0.2, 0) is 9.59 Å². The summed E-state index contributed by atoms with van der Waals surface area (Å²) in [5, 5.41) is 12.9. The SMILES string of the molecule is CCN(CC(=O)NC(C)C)C(=O)CSc1nnc(-c2ccc(Cl)cc2)n1-c1ccccc1C. The van der Waals surface area contributed by atoms with Gasteiger partial charge in [-0.15, -0.1) is 10.2 Å². The van der Waals surface area contributed by atoms with E-state index < -0.39 is 0 Å². The van der Waals surface area contributed by atoms with E-state index in [4.69, 9.17) is 11.6 Å². The predicted octanol–water partition coefficient (Wildman–Crippen LogP) is 4.36. The summed E-state index contributed by atoms with van der Waals surface area (Å²) in [4.78, 5) is 26.5. The zero-order valence-electron chi connectivity index (χ0n) is 19.2. The first-order chi connectivity index (χ1) is 15.8. The minimum absolute atomic E-state index is 0.0274. The van der Waals surface area contributed by atoms with Crippen molar-refractivity contribution in [2.75, 3.05) is 18.8 Å². The number of thioether (sulfide) groups is 1. The van der Waals surface area contributed by atoms with E-state index in [9.17, 15) is 9.59 Å². The standard InChI is InChI=1S/C24H28ClN5O2S/c1-5-29(14-21(31)26-16(2)3)22(32)15-33-24-28-27-23(18-10-12-19(25)13-11-18)30(24)20-9-7-6-8-17(20)4/h6-13,16H,5,14-15H2,1-4H3,(H,26,31). The van der Waals surface area contributed by atoms with Crippen LogP contribution in [0.15, 0.2) is 53.7 Å². The number of carbonyl (C=O) groups is 2. The summed E-state index contributed by atoms with van der Waals surface area (Å²) in [6, 6.07) is 15.4. The quantitative estimate of drug-likeness (QED) is 0.455. The lowest BCUT2D eigenvalue weighted by atomic mass is 10.1. The van der Waals surface area contributed by atoms with Gasteiger partial charge in [-0.05, 0) is 63.6 Å². The summed E-state index contributed by atoms with van der Waals surface area (Å²) < 4.78 is 1.96. The average Bonchev–Trinajstić information content (AvgIpc) is 3.19. The van der Waals surface area contributed by atoms with Gasteiger partial charge in [-0.25, -0.2) is 0 Å². The first-order valence-corrected chi connectivity index (χ1v) is 12.1. The van der Waals surface area contributed by atoms with Crippen LogP contribution in [0.2, 0.25) is 5.02 Å². The van der Waals surface area contributed by atoms with E-state index in [-0.39, 0.29) is 30.2 Å². The normalized spacial score (nSPS) is 11.0. The van der Waals surface area contributed by atoms with Crippen LogP contribution in [0.4, 0.5) is 0 Å². The van der Waals surface area contributed by atoms with Crippen molar-refractivity contribution in [1.82, 2.24) is 25.0 Å². The van der Waals surface area contributed by atoms with Crippen molar-refractivity contribution in [2.24, 2.45) is 0 Å². The zero-order valence-corrected chi connectivity index (χ0v) is 20.8. The Kier molecular flexibility index (Phi) is 8.52. The number of halogens is 1. The molecule has 2 amide bonds. The minimum atomic E-state index is -0.168. The Morgan fingerprint density at radius 1 is 1.12 bits per heavy atom. The van der Waals surface area contributed by atoms with Crippen LogP contribution in [0, 0.1) is 6.92 Å². The monoisotopic (exact) mass is 485 g/mol. The van der Waals surface area contributed by atoms with Crippen molar-refractivity contribution in [1.29, 1.82) is 0 Å². The molecule has 3 aromatic rings. The van der Waals surface area contributed by atoms with Gasteiger partial charge in [-0.2, -0.15) is 0 Å². The second kappa shape index (κ2) is 11.3. The second-order valence-corrected chi connectivity index (χ2v) is 9.23. The Balaban J connectivity index is 1.86. The highest BCUT2D eigenvalue weighted by Crippen LogP contribution is 2.30. The number of benzene rings is 2. The third-order valence-electron chi connectivity index (χ3n) is 4.94. The summed E-state index contributed by atoms with van der Waals surface area (Å²) in [5.74, 6) is 0.514. The van der Waals surface area contributed by atoms with E-state index >= 15 is 0 Å². The number of aromatic nitrogens is 3. The lowest BCUT2D eigenvalue weighted by Gasteiger charge is -2.21. The van der Waals surface area contributed by atoms with Crippen molar-refractivity contribution in [2.45, 2.75) is 38.9 Å². The maximum Gasteiger partial charge on any atom is 0.239 e. The molecule has 0 aliphatic rings. The van der Waals surface area contributed by atoms with Gasteiger partial charge < -0.3 is 10.2 Å². The van der Waals surface area contributed by atoms with Gasteiger partial charge in [-0.3, -0.25) is 14.2 Å². The van der Waals surface area contributed by atoms with Gasteiger partial charge in [0.15, 0.2) is 11.0 Å². The van der Waals surface area contributed by atoms with E-state index in [0.29, 0.717) is 22.5 Å². The summed E-state index contributed by atoms with van der Waals surface area (Å²) >= 11 is 7.36. The van der Waals surface area contributed by atoms with Crippen LogP contribution in [0.25, 0.3) is 17.1 Å². The van der Waals surface area contributed by atoms with Crippen LogP contribution in [0.1, 0.15) is 26.3 Å². The molecule has 7 nitrogen and oxygen atoms in total. The van der Waals surface area contributed by atoms with Crippen LogP contribution in [0.5, 0.6) is 0 Å². The van der Waals surface area contributed by atoms with Gasteiger partial charge in [0.25, 0.3) is 0 Å². The molecule has 33 heavy (non-hydrogen) atoms. The molecular weight excluding hydrogens is 458 g/mol. The molecule has 0 saturated heterocycles. The number of hydrogen-bond acceptors (Lipinski definition) is 5. The number of aryl methyl sites for hydroxylation is 1. The highest BCUT2D eigenvalue weighted by molar-refractivity contribution is 7.99. The molecule has 1 aromatic heterocycles. The van der Waals surface area contributed by atoms with Crippen LogP contribution in [0.3, 0.4) is 0 Å². The fraction of sp³-hybridized carbons (Fsp3) is 0.333. The average molecular weight is 486 g/mol. The van der Waals surface area contributed by atoms with E-state index in [1.54, 1.807) is 4.90 Å². The number of likely N-dealkylation sites (N-methyl/N-ethyl adjacent to an activating group) is 1. The van der Waals surface area contributed by atoms with Gasteiger partial charge in [0.05, 0.1) is 18.0 Å². The van der Waals surface area contributed by atoms with Gasteiger partial charge >= 0.3 is 0 Å². The highest BCUT2D eigenvalue weighted by atomic mass is 35.5. The minimum Gasteiger partial charge on any atom is -0.352 e. The molecule has 0 unspecified atom stereocenters. The molecule has 0 radical (unpaired) electrons. The third kappa shape index (κ3) is 6.36. The first-order valence-electron chi connectivity index (χ1n) is 10.8. The summed E-state index contributed by atoms with van der Waals surface area (Å²) in [6.45, 7) is 8.15. The number of rotatable bonds is 9. The Labute approximate surface area is 203 Å². The fourth-order valence-corrected chi connectivity index (χ4v) is 4.29. The maximum absolute atomic E-state index is 12.9. The molecule has 3 rings (SSSR count). The van der Waals surface area contributed by atoms with Crippen LogP contribution in [-0.4, -0.2) is 56.4 Å². The van der Waals surface area contributed by atoms with Crippen LogP contribution < -0.4 is 5.32 Å². The lowest BCUT2D eigenvalue weighted by Crippen LogP contribution is -2.43. The predicted molar refractivity (Wildman–Crippen MR) is 133 cm³/mol. The molecule has 174 valence electrons. The topological polar surface area (TPSA) is 80.1 Å². The Morgan fingerprint density at radius 3 is 2.45 bits per heavy atom. The summed E-state index contributed by atoms with van der Waals surface area (Å²) in [7, 11) is 0. The number of hydrogen-bond donors (Lipinski definition) is 1. The molecule has 0 saturated carbocycles. The van der Waals surface area contributed by atoms with Gasteiger partial charge in [0, 0.05) is 23.2 Å². The zero-order chi connectivity index (χ0) is 24.0. The second-order valence-electron chi connectivity index (χ2n) is 7.85. The van der Waals surface area contributed by atoms with Crippen molar-refractivity contribution in [3.63, 3.8) is 0 Å². The van der Waals surface area contributed by atoms with E-state index in [1.165, 1.54) is 11.8 Å². The van der Waals surface area contributed by atoms with Crippen molar-refractivity contribution >= 4 is 35.2 Å². The Hall–Kier alpha value is -2.84. The molecular formula is C24H28ClN5O2S. The number of carbonyl (C=O) groups excluding carboxylic acids is 2. The number of para-hydroxylation sites is 1. The van der Waals surface area contributed by atoms with Gasteiger partial charge in [0.1, 0.15) is 0 Å². The maximum atomic E-state index is 12.9. The molecule has 1 N–H and O–H groups in total. The van der Waals surface area contributed by atoms with Gasteiger partial charge in [-0.1, -0.05) is 41.6 Å². The summed E-state index contributed by atoms with van der Waals surface area (Å²) in [6.07, 6.45) is 0.